The highest BCUT2D eigenvalue weighted by Gasteiger charge is 2.49. The van der Waals surface area contributed by atoms with Crippen LogP contribution in [0.25, 0.3) is 0 Å². The highest BCUT2D eigenvalue weighted by Crippen LogP contribution is 2.27. The van der Waals surface area contributed by atoms with E-state index in [1.807, 2.05) is 12.1 Å². The van der Waals surface area contributed by atoms with Crippen LogP contribution in [0.2, 0.25) is 0 Å². The normalized spacial score (nSPS) is 22.7. The summed E-state index contributed by atoms with van der Waals surface area (Å²) in [5.74, 6) is -1.28. The third-order valence-electron chi connectivity index (χ3n) is 6.24. The molecule has 198 valence electrons. The second-order valence-electron chi connectivity index (χ2n) is 8.66. The van der Waals surface area contributed by atoms with Gasteiger partial charge in [0.2, 0.25) is 0 Å². The first kappa shape index (κ1) is 27.0. The fourth-order valence-electron chi connectivity index (χ4n) is 4.32. The summed E-state index contributed by atoms with van der Waals surface area (Å²) in [6.45, 7) is -0.000461. The molecule has 5 atom stereocenters. The first-order valence-corrected chi connectivity index (χ1v) is 12.2. The molecular weight excluding hydrogens is 488 g/mol. The van der Waals surface area contributed by atoms with Gasteiger partial charge in [0, 0.05) is 31.9 Å². The van der Waals surface area contributed by atoms with Crippen molar-refractivity contribution < 1.29 is 33.3 Å². The zero-order chi connectivity index (χ0) is 26.9. The Morgan fingerprint density at radius 2 is 1.24 bits per heavy atom. The van der Waals surface area contributed by atoms with Gasteiger partial charge >= 0.3 is 5.97 Å². The monoisotopic (exact) mass is 518 g/mol. The van der Waals surface area contributed by atoms with Crippen LogP contribution in [0.15, 0.2) is 91.0 Å². The lowest BCUT2D eigenvalue weighted by molar-refractivity contribution is -0.257. The Hall–Kier alpha value is -4.05. The molecule has 4 rings (SSSR count). The molecule has 0 spiro atoms. The van der Waals surface area contributed by atoms with Crippen molar-refractivity contribution >= 4 is 17.8 Å². The molecule has 2 amide bonds. The predicted octanol–water partition coefficient (Wildman–Crippen LogP) is 2.83. The van der Waals surface area contributed by atoms with Crippen molar-refractivity contribution in [1.29, 1.82) is 0 Å². The standard InChI is InChI=1S/C29H30N2O7/c1-35-25-23(31-27(33)20-14-8-4-9-15-20)29(36-2)37-22(18-30-26(32)19-12-6-3-7-13-19)24(25)38-28(34)21-16-10-5-11-17-21/h3-17,22-25,29H,18H2,1-2H3,(H,30,32)(H,31,33)/t22-,23+,24-,25-,29-/m0/s1. The Bertz CT molecular complexity index is 1210. The van der Waals surface area contributed by atoms with Crippen LogP contribution in [0.1, 0.15) is 31.1 Å². The highest BCUT2D eigenvalue weighted by atomic mass is 16.7. The van der Waals surface area contributed by atoms with E-state index in [2.05, 4.69) is 10.6 Å². The second-order valence-corrected chi connectivity index (χ2v) is 8.66. The van der Waals surface area contributed by atoms with Gasteiger partial charge in [-0.05, 0) is 36.4 Å². The van der Waals surface area contributed by atoms with E-state index in [0.717, 1.165) is 0 Å². The summed E-state index contributed by atoms with van der Waals surface area (Å²) in [6.07, 6.45) is -3.63. The minimum Gasteiger partial charge on any atom is -0.453 e. The minimum absolute atomic E-state index is 0.000461. The van der Waals surface area contributed by atoms with E-state index < -0.39 is 36.6 Å². The van der Waals surface area contributed by atoms with Crippen molar-refractivity contribution in [2.75, 3.05) is 20.8 Å². The van der Waals surface area contributed by atoms with Gasteiger partial charge in [-0.15, -0.1) is 0 Å². The molecule has 0 aromatic heterocycles. The first-order chi connectivity index (χ1) is 18.5. The molecule has 3 aromatic carbocycles. The molecule has 0 bridgehead atoms. The topological polar surface area (TPSA) is 112 Å². The highest BCUT2D eigenvalue weighted by molar-refractivity contribution is 5.95. The van der Waals surface area contributed by atoms with Gasteiger partial charge in [0.25, 0.3) is 11.8 Å². The van der Waals surface area contributed by atoms with Crippen LogP contribution in [0.3, 0.4) is 0 Å². The maximum absolute atomic E-state index is 13.0. The lowest BCUT2D eigenvalue weighted by Gasteiger charge is -2.45. The third kappa shape index (κ3) is 6.44. The summed E-state index contributed by atoms with van der Waals surface area (Å²) < 4.78 is 23.4. The number of rotatable bonds is 9. The molecule has 1 saturated heterocycles. The van der Waals surface area contributed by atoms with Crippen LogP contribution < -0.4 is 10.6 Å². The maximum atomic E-state index is 13.0. The quantitative estimate of drug-likeness (QED) is 0.419. The first-order valence-electron chi connectivity index (χ1n) is 12.2. The summed E-state index contributed by atoms with van der Waals surface area (Å²) in [7, 11) is 2.89. The average molecular weight is 519 g/mol. The molecule has 0 unspecified atom stereocenters. The van der Waals surface area contributed by atoms with Crippen LogP contribution in [-0.2, 0) is 18.9 Å². The van der Waals surface area contributed by atoms with E-state index in [-0.39, 0.29) is 18.4 Å². The van der Waals surface area contributed by atoms with Crippen molar-refractivity contribution in [1.82, 2.24) is 10.6 Å². The Balaban J connectivity index is 1.58. The number of ether oxygens (including phenoxy) is 4. The molecule has 0 aliphatic carbocycles. The average Bonchev–Trinajstić information content (AvgIpc) is 2.97. The molecule has 1 fully saturated rings. The number of carbonyl (C=O) groups is 3. The van der Waals surface area contributed by atoms with E-state index >= 15 is 0 Å². The lowest BCUT2D eigenvalue weighted by atomic mass is 9.95. The summed E-state index contributed by atoms with van der Waals surface area (Å²) in [6, 6.07) is 25.1. The van der Waals surface area contributed by atoms with Gasteiger partial charge in [-0.1, -0.05) is 54.6 Å². The predicted molar refractivity (Wildman–Crippen MR) is 139 cm³/mol. The number of nitrogens with one attached hydrogen (secondary N) is 2. The Kier molecular flexibility index (Phi) is 9.21. The van der Waals surface area contributed by atoms with E-state index in [4.69, 9.17) is 18.9 Å². The number of amides is 2. The number of esters is 1. The smallest absolute Gasteiger partial charge is 0.338 e. The Morgan fingerprint density at radius 1 is 0.711 bits per heavy atom. The van der Waals surface area contributed by atoms with Crippen LogP contribution in [0, 0.1) is 0 Å². The maximum Gasteiger partial charge on any atom is 0.338 e. The van der Waals surface area contributed by atoms with E-state index in [0.29, 0.717) is 16.7 Å². The van der Waals surface area contributed by atoms with Crippen LogP contribution >= 0.6 is 0 Å². The zero-order valence-corrected chi connectivity index (χ0v) is 21.1. The molecule has 0 radical (unpaired) electrons. The second kappa shape index (κ2) is 13.0. The van der Waals surface area contributed by atoms with Gasteiger partial charge in [-0.3, -0.25) is 9.59 Å². The SMILES string of the molecule is CO[C@H]1O[C@@H](CNC(=O)c2ccccc2)[C@H](OC(=O)c2ccccc2)[C@@H](OC)[C@H]1NC(=O)c1ccccc1. The summed E-state index contributed by atoms with van der Waals surface area (Å²) in [4.78, 5) is 38.8. The number of hydrogen-bond donors (Lipinski definition) is 2. The van der Waals surface area contributed by atoms with Crippen LogP contribution in [0.5, 0.6) is 0 Å². The van der Waals surface area contributed by atoms with Gasteiger partial charge < -0.3 is 29.6 Å². The molecule has 9 heteroatoms. The van der Waals surface area contributed by atoms with Gasteiger partial charge in [-0.2, -0.15) is 0 Å². The molecule has 1 aliphatic heterocycles. The summed E-state index contributed by atoms with van der Waals surface area (Å²) >= 11 is 0. The Labute approximate surface area is 221 Å². The summed E-state index contributed by atoms with van der Waals surface area (Å²) in [5.41, 5.74) is 1.25. The van der Waals surface area contributed by atoms with Crippen LogP contribution in [-0.4, -0.2) is 69.2 Å². The molecule has 2 N–H and O–H groups in total. The zero-order valence-electron chi connectivity index (χ0n) is 21.1. The lowest BCUT2D eigenvalue weighted by Crippen LogP contribution is -2.66. The number of methoxy groups -OCH3 is 2. The van der Waals surface area contributed by atoms with Crippen molar-refractivity contribution in [3.05, 3.63) is 108 Å². The molecule has 38 heavy (non-hydrogen) atoms. The number of benzene rings is 3. The molecule has 9 nitrogen and oxygen atoms in total. The molecule has 0 saturated carbocycles. The molecular formula is C29H30N2O7. The van der Waals surface area contributed by atoms with Crippen molar-refractivity contribution in [3.8, 4) is 0 Å². The van der Waals surface area contributed by atoms with Gasteiger partial charge in [0.15, 0.2) is 12.4 Å². The third-order valence-corrected chi connectivity index (χ3v) is 6.24. The van der Waals surface area contributed by atoms with Gasteiger partial charge in [0.1, 0.15) is 18.2 Å². The van der Waals surface area contributed by atoms with E-state index in [1.165, 1.54) is 14.2 Å². The largest absolute Gasteiger partial charge is 0.453 e. The molecule has 1 heterocycles. The fourth-order valence-corrected chi connectivity index (χ4v) is 4.32. The van der Waals surface area contributed by atoms with E-state index in [9.17, 15) is 14.4 Å². The van der Waals surface area contributed by atoms with Gasteiger partial charge in [-0.25, -0.2) is 4.79 Å². The van der Waals surface area contributed by atoms with Crippen molar-refractivity contribution in [2.45, 2.75) is 30.6 Å². The van der Waals surface area contributed by atoms with Crippen LogP contribution in [0.4, 0.5) is 0 Å². The fraction of sp³-hybridized carbons (Fsp3) is 0.276. The Morgan fingerprint density at radius 3 is 1.76 bits per heavy atom. The number of hydrogen-bond acceptors (Lipinski definition) is 7. The molecule has 1 aliphatic rings. The van der Waals surface area contributed by atoms with E-state index in [1.54, 1.807) is 78.9 Å². The van der Waals surface area contributed by atoms with Gasteiger partial charge in [0.05, 0.1) is 5.56 Å². The van der Waals surface area contributed by atoms with Crippen molar-refractivity contribution in [2.24, 2.45) is 0 Å². The van der Waals surface area contributed by atoms with Crippen molar-refractivity contribution in [3.63, 3.8) is 0 Å². The minimum atomic E-state index is -0.990. The number of carbonyl (C=O) groups excluding carboxylic acids is 3. The molecule has 3 aromatic rings. The summed E-state index contributed by atoms with van der Waals surface area (Å²) in [5, 5.41) is 5.73.